The first kappa shape index (κ1) is 20.7. The monoisotopic (exact) mass is 450 g/mol. The summed E-state index contributed by atoms with van der Waals surface area (Å²) in [4.78, 5) is 21.0. The van der Waals surface area contributed by atoms with Gasteiger partial charge in [-0.05, 0) is 61.2 Å². The van der Waals surface area contributed by atoms with Crippen molar-refractivity contribution in [2.24, 2.45) is 0 Å². The van der Waals surface area contributed by atoms with E-state index in [1.165, 1.54) is 35.8 Å². The van der Waals surface area contributed by atoms with Gasteiger partial charge in [0.05, 0.1) is 5.52 Å². The Balaban J connectivity index is 1.35. The molecule has 2 aromatic carbocycles. The van der Waals surface area contributed by atoms with E-state index >= 15 is 0 Å². The number of aryl methyl sites for hydroxylation is 1. The number of amides is 2. The van der Waals surface area contributed by atoms with E-state index < -0.39 is 12.6 Å². The van der Waals surface area contributed by atoms with Gasteiger partial charge in [0.2, 0.25) is 0 Å². The average Bonchev–Trinajstić information content (AvgIpc) is 3.36. The molecule has 0 fully saturated rings. The number of urea groups is 1. The predicted molar refractivity (Wildman–Crippen MR) is 121 cm³/mol. The summed E-state index contributed by atoms with van der Waals surface area (Å²) < 4.78 is 31.2. The molecule has 4 aromatic rings. The lowest BCUT2D eigenvalue weighted by Gasteiger charge is -2.12. The normalized spacial score (nSPS) is 12.7. The molecule has 2 heterocycles. The standard InChI is InChI=1S/C23H20F2N6O2/c24-22(25)33-16-4-1-3-14(11-16)30-23(32)29-13-7-9-15(10-8-13)31-18-6-2-5-17(18)19-20(31)21(26)28-12-27-19/h1,3-4,7-12,22H,2,5-6H2,(H2,26,27,28)(H2,29,30,32). The molecule has 0 saturated heterocycles. The van der Waals surface area contributed by atoms with Crippen molar-refractivity contribution in [2.75, 3.05) is 16.4 Å². The molecule has 0 saturated carbocycles. The van der Waals surface area contributed by atoms with Crippen molar-refractivity contribution in [1.82, 2.24) is 14.5 Å². The van der Waals surface area contributed by atoms with E-state index in [0.717, 1.165) is 36.0 Å². The number of fused-ring (bicyclic) bond motifs is 3. The van der Waals surface area contributed by atoms with Crippen molar-refractivity contribution in [3.8, 4) is 11.4 Å². The molecule has 1 aliphatic rings. The zero-order chi connectivity index (χ0) is 22.9. The number of carbonyl (C=O) groups is 1. The quantitative estimate of drug-likeness (QED) is 0.407. The van der Waals surface area contributed by atoms with E-state index in [9.17, 15) is 13.6 Å². The lowest BCUT2D eigenvalue weighted by molar-refractivity contribution is -0.0498. The molecule has 0 bridgehead atoms. The summed E-state index contributed by atoms with van der Waals surface area (Å²) in [5, 5.41) is 5.32. The number of nitrogens with zero attached hydrogens (tertiary/aromatic N) is 3. The maximum atomic E-state index is 12.4. The third kappa shape index (κ3) is 4.02. The number of ether oxygens (including phenoxy) is 1. The van der Waals surface area contributed by atoms with Crippen molar-refractivity contribution < 1.29 is 18.3 Å². The second kappa shape index (κ2) is 8.38. The highest BCUT2D eigenvalue weighted by Gasteiger charge is 2.25. The lowest BCUT2D eigenvalue weighted by Crippen LogP contribution is -2.19. The first-order valence-electron chi connectivity index (χ1n) is 10.4. The van der Waals surface area contributed by atoms with Gasteiger partial charge in [0.25, 0.3) is 0 Å². The minimum absolute atomic E-state index is 0.0399. The molecule has 0 spiro atoms. The summed E-state index contributed by atoms with van der Waals surface area (Å²) in [6, 6.07) is 12.6. The van der Waals surface area contributed by atoms with Crippen LogP contribution in [0.3, 0.4) is 0 Å². The molecule has 33 heavy (non-hydrogen) atoms. The van der Waals surface area contributed by atoms with Crippen molar-refractivity contribution in [1.29, 1.82) is 0 Å². The van der Waals surface area contributed by atoms with Crippen LogP contribution < -0.4 is 21.1 Å². The van der Waals surface area contributed by atoms with Crippen molar-refractivity contribution in [2.45, 2.75) is 25.9 Å². The fourth-order valence-corrected chi connectivity index (χ4v) is 4.22. The summed E-state index contributed by atoms with van der Waals surface area (Å²) in [5.41, 5.74) is 12.0. The predicted octanol–water partition coefficient (Wildman–Crippen LogP) is 4.74. The third-order valence-electron chi connectivity index (χ3n) is 5.52. The summed E-state index contributed by atoms with van der Waals surface area (Å²) in [7, 11) is 0. The molecule has 5 rings (SSSR count). The highest BCUT2D eigenvalue weighted by molar-refractivity contribution is 6.00. The van der Waals surface area contributed by atoms with Crippen LogP contribution in [0.2, 0.25) is 0 Å². The molecule has 0 aliphatic heterocycles. The summed E-state index contributed by atoms with van der Waals surface area (Å²) in [6.45, 7) is -2.94. The van der Waals surface area contributed by atoms with Gasteiger partial charge in [-0.3, -0.25) is 0 Å². The van der Waals surface area contributed by atoms with Crippen LogP contribution in [0.25, 0.3) is 16.7 Å². The van der Waals surface area contributed by atoms with Gasteiger partial charge in [0, 0.05) is 28.8 Å². The van der Waals surface area contributed by atoms with Crippen LogP contribution in [0.4, 0.5) is 30.8 Å². The SMILES string of the molecule is Nc1ncnc2c3c(n(-c4ccc(NC(=O)Nc5cccc(OC(F)F)c5)cc4)c12)CCC3. The van der Waals surface area contributed by atoms with Crippen LogP contribution >= 0.6 is 0 Å². The zero-order valence-corrected chi connectivity index (χ0v) is 17.4. The number of hydrogen-bond acceptors (Lipinski definition) is 5. The number of nitrogens with one attached hydrogen (secondary N) is 2. The van der Waals surface area contributed by atoms with Crippen molar-refractivity contribution in [3.63, 3.8) is 0 Å². The molecule has 0 unspecified atom stereocenters. The van der Waals surface area contributed by atoms with Gasteiger partial charge in [0.1, 0.15) is 17.6 Å². The zero-order valence-electron chi connectivity index (χ0n) is 17.4. The largest absolute Gasteiger partial charge is 0.435 e. The molecule has 1 aliphatic carbocycles. The molecule has 2 aromatic heterocycles. The number of carbonyl (C=O) groups excluding carboxylic acids is 1. The Morgan fingerprint density at radius 3 is 2.64 bits per heavy atom. The number of benzene rings is 2. The number of halogens is 2. The number of aromatic nitrogens is 3. The van der Waals surface area contributed by atoms with Crippen LogP contribution in [0.15, 0.2) is 54.9 Å². The summed E-state index contributed by atoms with van der Waals surface area (Å²) in [5.74, 6) is 0.385. The second-order valence-corrected chi connectivity index (χ2v) is 7.60. The molecule has 10 heteroatoms. The topological polar surface area (TPSA) is 107 Å². The molecular formula is C23H20F2N6O2. The minimum Gasteiger partial charge on any atom is -0.435 e. The maximum absolute atomic E-state index is 12.4. The van der Waals surface area contributed by atoms with Crippen LogP contribution in [0, 0.1) is 0 Å². The van der Waals surface area contributed by atoms with Gasteiger partial charge >= 0.3 is 12.6 Å². The van der Waals surface area contributed by atoms with Gasteiger partial charge in [-0.1, -0.05) is 6.07 Å². The van der Waals surface area contributed by atoms with E-state index in [0.29, 0.717) is 17.2 Å². The number of hydrogen-bond donors (Lipinski definition) is 3. The fraction of sp³-hybridized carbons (Fsp3) is 0.174. The highest BCUT2D eigenvalue weighted by Crippen LogP contribution is 2.36. The average molecular weight is 450 g/mol. The number of nitrogen functional groups attached to an aromatic ring is 1. The van der Waals surface area contributed by atoms with E-state index in [-0.39, 0.29) is 5.75 Å². The van der Waals surface area contributed by atoms with Gasteiger partial charge in [-0.2, -0.15) is 8.78 Å². The van der Waals surface area contributed by atoms with Crippen LogP contribution in [0.1, 0.15) is 17.7 Å². The smallest absolute Gasteiger partial charge is 0.387 e. The third-order valence-corrected chi connectivity index (χ3v) is 5.52. The molecule has 8 nitrogen and oxygen atoms in total. The second-order valence-electron chi connectivity index (χ2n) is 7.60. The Kier molecular flexibility index (Phi) is 5.25. The van der Waals surface area contributed by atoms with Crippen molar-refractivity contribution in [3.05, 3.63) is 66.1 Å². The van der Waals surface area contributed by atoms with E-state index in [2.05, 4.69) is 29.9 Å². The van der Waals surface area contributed by atoms with Crippen LogP contribution in [0.5, 0.6) is 5.75 Å². The Labute approximate surface area is 187 Å². The Morgan fingerprint density at radius 1 is 1.06 bits per heavy atom. The number of alkyl halides is 2. The summed E-state index contributed by atoms with van der Waals surface area (Å²) >= 11 is 0. The number of anilines is 3. The van der Waals surface area contributed by atoms with Crippen molar-refractivity contribution >= 4 is 34.3 Å². The first-order valence-corrected chi connectivity index (χ1v) is 10.4. The van der Waals surface area contributed by atoms with Gasteiger partial charge in [-0.15, -0.1) is 0 Å². The Morgan fingerprint density at radius 2 is 1.85 bits per heavy atom. The molecule has 168 valence electrons. The number of nitrogens with two attached hydrogens (primary N) is 1. The molecule has 4 N–H and O–H groups in total. The van der Waals surface area contributed by atoms with E-state index in [4.69, 9.17) is 5.73 Å². The lowest BCUT2D eigenvalue weighted by atomic mass is 10.2. The van der Waals surface area contributed by atoms with Gasteiger partial charge in [-0.25, -0.2) is 14.8 Å². The van der Waals surface area contributed by atoms with Gasteiger partial charge < -0.3 is 25.7 Å². The van der Waals surface area contributed by atoms with Gasteiger partial charge in [0.15, 0.2) is 5.82 Å². The Bertz CT molecular complexity index is 1340. The van der Waals surface area contributed by atoms with E-state index in [1.807, 2.05) is 12.1 Å². The molecule has 0 atom stereocenters. The van der Waals surface area contributed by atoms with E-state index in [1.54, 1.807) is 18.2 Å². The molecular weight excluding hydrogens is 430 g/mol. The number of rotatable bonds is 5. The molecule has 2 amide bonds. The fourth-order valence-electron chi connectivity index (χ4n) is 4.22. The highest BCUT2D eigenvalue weighted by atomic mass is 19.3. The molecule has 0 radical (unpaired) electrons. The first-order chi connectivity index (χ1) is 16.0. The van der Waals surface area contributed by atoms with Crippen LogP contribution in [-0.2, 0) is 12.8 Å². The van der Waals surface area contributed by atoms with Crippen LogP contribution in [-0.4, -0.2) is 27.2 Å². The Hall–Kier alpha value is -4.21. The maximum Gasteiger partial charge on any atom is 0.387 e. The summed E-state index contributed by atoms with van der Waals surface area (Å²) in [6.07, 6.45) is 4.44. The minimum atomic E-state index is -2.94.